The largest absolute Gasteiger partial charge is 0.361 e. The van der Waals surface area contributed by atoms with Crippen LogP contribution in [0.2, 0.25) is 0 Å². The monoisotopic (exact) mass is 296 g/mol. The number of nitrogens with one attached hydrogen (secondary N) is 4. The third kappa shape index (κ3) is 6.35. The van der Waals surface area contributed by atoms with Crippen molar-refractivity contribution in [3.63, 3.8) is 0 Å². The Labute approximate surface area is 125 Å². The predicted octanol–water partition coefficient (Wildman–Crippen LogP) is 2.38. The van der Waals surface area contributed by atoms with Crippen LogP contribution in [0.25, 0.3) is 0 Å². The number of anilines is 1. The van der Waals surface area contributed by atoms with E-state index in [0.717, 1.165) is 18.7 Å². The molecule has 4 nitrogen and oxygen atoms in total. The zero-order valence-electron chi connectivity index (χ0n) is 11.5. The number of rotatable bonds is 3. The standard InChI is InChI=1S/C13H20N4S2/c1-4-5-14-12(18)16-17-13(19)15-11-7-9(2)6-10(3)8-11/h6-8H,4-5H2,1-3H3,(H2,14,16,18)(H2,15,17,19). The summed E-state index contributed by atoms with van der Waals surface area (Å²) in [5.74, 6) is 0. The highest BCUT2D eigenvalue weighted by molar-refractivity contribution is 7.80. The van der Waals surface area contributed by atoms with Crippen molar-refractivity contribution in [1.29, 1.82) is 0 Å². The van der Waals surface area contributed by atoms with E-state index in [1.54, 1.807) is 0 Å². The van der Waals surface area contributed by atoms with Crippen LogP contribution in [-0.4, -0.2) is 16.8 Å². The first kappa shape index (κ1) is 15.7. The van der Waals surface area contributed by atoms with Crippen LogP contribution in [0.3, 0.4) is 0 Å². The van der Waals surface area contributed by atoms with Crippen LogP contribution < -0.4 is 21.5 Å². The minimum absolute atomic E-state index is 0.477. The van der Waals surface area contributed by atoms with E-state index < -0.39 is 0 Å². The van der Waals surface area contributed by atoms with E-state index in [1.165, 1.54) is 11.1 Å². The quantitative estimate of drug-likeness (QED) is 0.507. The maximum Gasteiger partial charge on any atom is 0.189 e. The van der Waals surface area contributed by atoms with E-state index in [2.05, 4.69) is 48.3 Å². The van der Waals surface area contributed by atoms with Crippen molar-refractivity contribution in [2.24, 2.45) is 0 Å². The topological polar surface area (TPSA) is 48.1 Å². The van der Waals surface area contributed by atoms with Gasteiger partial charge in [-0.2, -0.15) is 0 Å². The van der Waals surface area contributed by atoms with Gasteiger partial charge in [-0.15, -0.1) is 0 Å². The number of hydrogen-bond donors (Lipinski definition) is 4. The molecule has 104 valence electrons. The highest BCUT2D eigenvalue weighted by Crippen LogP contribution is 2.13. The zero-order valence-corrected chi connectivity index (χ0v) is 13.1. The van der Waals surface area contributed by atoms with Crippen LogP contribution in [0.1, 0.15) is 24.5 Å². The van der Waals surface area contributed by atoms with E-state index in [9.17, 15) is 0 Å². The van der Waals surface area contributed by atoms with Gasteiger partial charge >= 0.3 is 0 Å². The number of thiocarbonyl (C=S) groups is 2. The third-order valence-electron chi connectivity index (χ3n) is 2.30. The molecule has 0 aliphatic rings. The van der Waals surface area contributed by atoms with Crippen LogP contribution in [0.5, 0.6) is 0 Å². The molecule has 0 radical (unpaired) electrons. The summed E-state index contributed by atoms with van der Waals surface area (Å²) in [6.07, 6.45) is 1.02. The Morgan fingerprint density at radius 1 is 1.00 bits per heavy atom. The number of aryl methyl sites for hydroxylation is 2. The second-order valence-corrected chi connectivity index (χ2v) is 5.15. The molecule has 0 amide bonds. The van der Waals surface area contributed by atoms with Gasteiger partial charge in [0.1, 0.15) is 0 Å². The highest BCUT2D eigenvalue weighted by atomic mass is 32.1. The second kappa shape index (κ2) is 7.91. The van der Waals surface area contributed by atoms with Crippen molar-refractivity contribution < 1.29 is 0 Å². The van der Waals surface area contributed by atoms with Crippen LogP contribution in [0, 0.1) is 13.8 Å². The molecule has 19 heavy (non-hydrogen) atoms. The first-order chi connectivity index (χ1) is 9.01. The van der Waals surface area contributed by atoms with Gasteiger partial charge in [0.15, 0.2) is 10.2 Å². The zero-order chi connectivity index (χ0) is 14.3. The van der Waals surface area contributed by atoms with E-state index in [-0.39, 0.29) is 0 Å². The van der Waals surface area contributed by atoms with Crippen LogP contribution >= 0.6 is 24.4 Å². The molecule has 1 rings (SSSR count). The molecule has 0 bridgehead atoms. The first-order valence-electron chi connectivity index (χ1n) is 6.20. The summed E-state index contributed by atoms with van der Waals surface area (Å²) in [7, 11) is 0. The first-order valence-corrected chi connectivity index (χ1v) is 7.02. The fourth-order valence-corrected chi connectivity index (χ4v) is 1.93. The smallest absolute Gasteiger partial charge is 0.189 e. The number of hydrogen-bond acceptors (Lipinski definition) is 2. The molecule has 0 unspecified atom stereocenters. The van der Waals surface area contributed by atoms with Gasteiger partial charge < -0.3 is 10.6 Å². The summed E-state index contributed by atoms with van der Waals surface area (Å²) in [4.78, 5) is 0. The predicted molar refractivity (Wildman–Crippen MR) is 89.3 cm³/mol. The molecule has 0 fully saturated rings. The van der Waals surface area contributed by atoms with Crippen molar-refractivity contribution in [2.45, 2.75) is 27.2 Å². The molecule has 1 aromatic rings. The van der Waals surface area contributed by atoms with Crippen molar-refractivity contribution in [3.05, 3.63) is 29.3 Å². The van der Waals surface area contributed by atoms with Gasteiger partial charge in [0, 0.05) is 12.2 Å². The molecule has 0 aliphatic carbocycles. The summed E-state index contributed by atoms with van der Waals surface area (Å²) in [5.41, 5.74) is 9.03. The Morgan fingerprint density at radius 3 is 2.16 bits per heavy atom. The van der Waals surface area contributed by atoms with Crippen molar-refractivity contribution in [2.75, 3.05) is 11.9 Å². The fraction of sp³-hybridized carbons (Fsp3) is 0.385. The number of benzene rings is 1. The Bertz CT molecular complexity index is 440. The molecule has 4 N–H and O–H groups in total. The van der Waals surface area contributed by atoms with Crippen molar-refractivity contribution >= 4 is 40.3 Å². The Hall–Kier alpha value is -1.40. The minimum Gasteiger partial charge on any atom is -0.361 e. The average molecular weight is 296 g/mol. The maximum atomic E-state index is 5.18. The molecule has 0 aromatic heterocycles. The lowest BCUT2D eigenvalue weighted by molar-refractivity contribution is 0.784. The van der Waals surface area contributed by atoms with Gasteiger partial charge in [0.05, 0.1) is 0 Å². The molecule has 6 heteroatoms. The third-order valence-corrected chi connectivity index (χ3v) is 2.76. The minimum atomic E-state index is 0.477. The van der Waals surface area contributed by atoms with E-state index in [4.69, 9.17) is 24.4 Å². The van der Waals surface area contributed by atoms with Gasteiger partial charge in [-0.1, -0.05) is 13.0 Å². The van der Waals surface area contributed by atoms with E-state index in [1.807, 2.05) is 12.1 Å². The highest BCUT2D eigenvalue weighted by Gasteiger charge is 2.00. The van der Waals surface area contributed by atoms with Crippen molar-refractivity contribution in [1.82, 2.24) is 16.2 Å². The summed E-state index contributed by atoms with van der Waals surface area (Å²) in [5, 5.41) is 7.16. The molecule has 0 saturated heterocycles. The average Bonchev–Trinajstić information content (AvgIpc) is 2.32. The molecule has 0 saturated carbocycles. The normalized spacial score (nSPS) is 9.63. The van der Waals surface area contributed by atoms with Gasteiger partial charge in [-0.3, -0.25) is 10.9 Å². The van der Waals surface area contributed by atoms with Crippen LogP contribution in [0.15, 0.2) is 18.2 Å². The lowest BCUT2D eigenvalue weighted by Gasteiger charge is -2.14. The lowest BCUT2D eigenvalue weighted by Crippen LogP contribution is -2.48. The summed E-state index contributed by atoms with van der Waals surface area (Å²) in [6.45, 7) is 7.02. The van der Waals surface area contributed by atoms with Gasteiger partial charge in [-0.25, -0.2) is 0 Å². The summed E-state index contributed by atoms with van der Waals surface area (Å²) < 4.78 is 0. The molecular formula is C13H20N4S2. The lowest BCUT2D eigenvalue weighted by atomic mass is 10.1. The molecule has 0 atom stereocenters. The van der Waals surface area contributed by atoms with Crippen LogP contribution in [-0.2, 0) is 0 Å². The maximum absolute atomic E-state index is 5.18. The van der Waals surface area contributed by atoms with Crippen molar-refractivity contribution in [3.8, 4) is 0 Å². The summed E-state index contributed by atoms with van der Waals surface area (Å²) >= 11 is 10.3. The Kier molecular flexibility index (Phi) is 6.52. The van der Waals surface area contributed by atoms with Gasteiger partial charge in [0.2, 0.25) is 0 Å². The molecule has 0 heterocycles. The van der Waals surface area contributed by atoms with E-state index in [0.29, 0.717) is 10.2 Å². The Balaban J connectivity index is 2.40. The van der Waals surface area contributed by atoms with E-state index >= 15 is 0 Å². The van der Waals surface area contributed by atoms with Gasteiger partial charge in [0.25, 0.3) is 0 Å². The molecular weight excluding hydrogens is 276 g/mol. The SMILES string of the molecule is CCCNC(=S)NNC(=S)Nc1cc(C)cc(C)c1. The molecule has 1 aromatic carbocycles. The molecule has 0 aliphatic heterocycles. The molecule has 0 spiro atoms. The van der Waals surface area contributed by atoms with Crippen LogP contribution in [0.4, 0.5) is 5.69 Å². The fourth-order valence-electron chi connectivity index (χ4n) is 1.61. The second-order valence-electron chi connectivity index (χ2n) is 4.34. The number of hydrazine groups is 1. The summed E-state index contributed by atoms with van der Waals surface area (Å²) in [6, 6.07) is 6.19. The van der Waals surface area contributed by atoms with Gasteiger partial charge in [-0.05, 0) is 68.0 Å². The Morgan fingerprint density at radius 2 is 1.58 bits per heavy atom.